The van der Waals surface area contributed by atoms with Crippen molar-refractivity contribution in [3.8, 4) is 17.2 Å². The first kappa shape index (κ1) is 18.8. The second kappa shape index (κ2) is 8.14. The molecule has 0 unspecified atom stereocenters. The van der Waals surface area contributed by atoms with Crippen LogP contribution in [0.15, 0.2) is 54.6 Å². The summed E-state index contributed by atoms with van der Waals surface area (Å²) in [6, 6.07) is 15.8. The number of aliphatic hydroxyl groups excluding tert-OH is 1. The summed E-state index contributed by atoms with van der Waals surface area (Å²) < 4.78 is 16.8. The highest BCUT2D eigenvalue weighted by Gasteiger charge is 2.21. The quantitative estimate of drug-likeness (QED) is 0.694. The van der Waals surface area contributed by atoms with Crippen molar-refractivity contribution in [1.29, 1.82) is 0 Å². The lowest BCUT2D eigenvalue weighted by atomic mass is 9.89. The summed E-state index contributed by atoms with van der Waals surface area (Å²) in [6.45, 7) is 1.93. The van der Waals surface area contributed by atoms with E-state index in [2.05, 4.69) is 0 Å². The lowest BCUT2D eigenvalue weighted by Gasteiger charge is -2.21. The maximum Gasteiger partial charge on any atom is 0.135 e. The van der Waals surface area contributed by atoms with Crippen molar-refractivity contribution in [1.82, 2.24) is 0 Å². The number of fused-ring (bicyclic) bond motifs is 1. The zero-order valence-corrected chi connectivity index (χ0v) is 16.1. The maximum absolute atomic E-state index is 9.68. The molecule has 3 aromatic rings. The van der Waals surface area contributed by atoms with Gasteiger partial charge in [0, 0.05) is 21.9 Å². The van der Waals surface area contributed by atoms with E-state index in [0.717, 1.165) is 50.3 Å². The van der Waals surface area contributed by atoms with E-state index in [4.69, 9.17) is 14.2 Å². The van der Waals surface area contributed by atoms with E-state index in [0.29, 0.717) is 0 Å². The van der Waals surface area contributed by atoms with Gasteiger partial charge in [-0.05, 0) is 30.2 Å². The Balaban J connectivity index is 2.35. The second-order valence-electron chi connectivity index (χ2n) is 6.14. The van der Waals surface area contributed by atoms with E-state index in [9.17, 15) is 5.11 Å². The van der Waals surface area contributed by atoms with Crippen LogP contribution in [0.2, 0.25) is 0 Å². The van der Waals surface area contributed by atoms with Gasteiger partial charge in [0.1, 0.15) is 17.2 Å². The van der Waals surface area contributed by atoms with Crippen LogP contribution in [0.3, 0.4) is 0 Å². The Bertz CT molecular complexity index is 972. The predicted octanol–water partition coefficient (Wildman–Crippen LogP) is 4.60. The van der Waals surface area contributed by atoms with E-state index in [1.165, 1.54) is 0 Å². The molecule has 0 aliphatic rings. The zero-order chi connectivity index (χ0) is 19.4. The lowest BCUT2D eigenvalue weighted by molar-refractivity contribution is 0.343. The molecule has 4 nitrogen and oxygen atoms in total. The molecule has 0 aliphatic heterocycles. The summed E-state index contributed by atoms with van der Waals surface area (Å²) in [6.07, 6.45) is 1.79. The van der Waals surface area contributed by atoms with Gasteiger partial charge in [-0.3, -0.25) is 0 Å². The predicted molar refractivity (Wildman–Crippen MR) is 109 cm³/mol. The molecule has 3 rings (SSSR count). The molecule has 0 bridgehead atoms. The van der Waals surface area contributed by atoms with Crippen LogP contribution in [0.4, 0.5) is 0 Å². The van der Waals surface area contributed by atoms with E-state index < -0.39 is 0 Å². The number of rotatable bonds is 6. The van der Waals surface area contributed by atoms with Gasteiger partial charge in [0.2, 0.25) is 0 Å². The van der Waals surface area contributed by atoms with Gasteiger partial charge in [0.05, 0.1) is 27.9 Å². The highest BCUT2D eigenvalue weighted by atomic mass is 16.5. The Kier molecular flexibility index (Phi) is 5.67. The number of benzene rings is 3. The molecule has 140 valence electrons. The van der Waals surface area contributed by atoms with Gasteiger partial charge in [-0.25, -0.2) is 0 Å². The first-order valence-corrected chi connectivity index (χ1v) is 8.75. The van der Waals surface area contributed by atoms with Gasteiger partial charge in [-0.15, -0.1) is 0 Å². The smallest absolute Gasteiger partial charge is 0.135 e. The molecule has 4 heteroatoms. The van der Waals surface area contributed by atoms with Crippen LogP contribution < -0.4 is 14.2 Å². The maximum atomic E-state index is 9.68. The molecule has 0 aromatic heterocycles. The van der Waals surface area contributed by atoms with Crippen LogP contribution >= 0.6 is 0 Å². The van der Waals surface area contributed by atoms with Crippen LogP contribution in [0, 0.1) is 6.92 Å². The Labute approximate surface area is 159 Å². The van der Waals surface area contributed by atoms with Gasteiger partial charge in [-0.1, -0.05) is 42.5 Å². The summed E-state index contributed by atoms with van der Waals surface area (Å²) in [7, 11) is 4.98. The van der Waals surface area contributed by atoms with Gasteiger partial charge in [0.15, 0.2) is 0 Å². The second-order valence-corrected chi connectivity index (χ2v) is 6.14. The molecule has 0 atom stereocenters. The molecule has 1 N–H and O–H groups in total. The van der Waals surface area contributed by atoms with Crippen LogP contribution in [-0.4, -0.2) is 33.0 Å². The third-order valence-corrected chi connectivity index (χ3v) is 4.73. The summed E-state index contributed by atoms with van der Waals surface area (Å²) in [5.41, 5.74) is 3.72. The minimum absolute atomic E-state index is 0.0842. The molecule has 0 aliphatic carbocycles. The average molecular weight is 364 g/mol. The highest BCUT2D eigenvalue weighted by Crippen LogP contribution is 2.45. The Morgan fingerprint density at radius 1 is 0.852 bits per heavy atom. The largest absolute Gasteiger partial charge is 0.497 e. The SMILES string of the molecule is COc1ccc(/C(=C/CO)c2c(C)c(OC)c3ccccc3c2OC)cc1. The fraction of sp³-hybridized carbons (Fsp3) is 0.217. The van der Waals surface area contributed by atoms with Crippen molar-refractivity contribution in [3.05, 3.63) is 71.3 Å². The van der Waals surface area contributed by atoms with Crippen LogP contribution in [-0.2, 0) is 0 Å². The fourth-order valence-corrected chi connectivity index (χ4v) is 3.53. The Morgan fingerprint density at radius 2 is 1.44 bits per heavy atom. The van der Waals surface area contributed by atoms with Gasteiger partial charge in [0.25, 0.3) is 0 Å². The number of aliphatic hydroxyl groups is 1. The highest BCUT2D eigenvalue weighted by molar-refractivity contribution is 6.01. The standard InChI is InChI=1S/C23H24O4/c1-15-21(18(13-14-24)16-9-11-17(25-2)12-10-16)23(27-4)20-8-6-5-7-19(20)22(15)26-3/h5-13,24H,14H2,1-4H3/b18-13-. The van der Waals surface area contributed by atoms with Gasteiger partial charge < -0.3 is 19.3 Å². The minimum atomic E-state index is -0.0842. The third-order valence-electron chi connectivity index (χ3n) is 4.73. The molecule has 27 heavy (non-hydrogen) atoms. The summed E-state index contributed by atoms with van der Waals surface area (Å²) in [5, 5.41) is 11.6. The summed E-state index contributed by atoms with van der Waals surface area (Å²) >= 11 is 0. The number of ether oxygens (including phenoxy) is 3. The molecular weight excluding hydrogens is 340 g/mol. The molecule has 0 amide bonds. The lowest BCUT2D eigenvalue weighted by Crippen LogP contribution is -2.02. The first-order valence-electron chi connectivity index (χ1n) is 8.75. The third kappa shape index (κ3) is 3.36. The van der Waals surface area contributed by atoms with E-state index in [1.54, 1.807) is 27.4 Å². The molecule has 0 fully saturated rings. The average Bonchev–Trinajstić information content (AvgIpc) is 2.71. The molecular formula is C23H24O4. The summed E-state index contributed by atoms with van der Waals surface area (Å²) in [5.74, 6) is 2.35. The van der Waals surface area contributed by atoms with Crippen molar-refractivity contribution in [2.75, 3.05) is 27.9 Å². The van der Waals surface area contributed by atoms with E-state index in [-0.39, 0.29) is 6.61 Å². The fourth-order valence-electron chi connectivity index (χ4n) is 3.53. The van der Waals surface area contributed by atoms with Crippen LogP contribution in [0.25, 0.3) is 16.3 Å². The first-order chi connectivity index (χ1) is 13.2. The molecule has 0 spiro atoms. The number of hydrogen-bond donors (Lipinski definition) is 1. The van der Waals surface area contributed by atoms with Crippen molar-refractivity contribution in [2.24, 2.45) is 0 Å². The Hall–Kier alpha value is -2.98. The summed E-state index contributed by atoms with van der Waals surface area (Å²) in [4.78, 5) is 0. The van der Waals surface area contributed by atoms with Crippen molar-refractivity contribution < 1.29 is 19.3 Å². The monoisotopic (exact) mass is 364 g/mol. The van der Waals surface area contributed by atoms with E-state index in [1.807, 2.05) is 55.5 Å². The molecule has 0 saturated carbocycles. The number of hydrogen-bond acceptors (Lipinski definition) is 4. The zero-order valence-electron chi connectivity index (χ0n) is 16.1. The van der Waals surface area contributed by atoms with Crippen molar-refractivity contribution >= 4 is 16.3 Å². The topological polar surface area (TPSA) is 47.9 Å². The minimum Gasteiger partial charge on any atom is -0.497 e. The van der Waals surface area contributed by atoms with Crippen molar-refractivity contribution in [3.63, 3.8) is 0 Å². The van der Waals surface area contributed by atoms with Gasteiger partial charge in [-0.2, -0.15) is 0 Å². The van der Waals surface area contributed by atoms with E-state index >= 15 is 0 Å². The number of methoxy groups -OCH3 is 3. The molecule has 3 aromatic carbocycles. The molecule has 0 radical (unpaired) electrons. The molecule has 0 saturated heterocycles. The van der Waals surface area contributed by atoms with Crippen molar-refractivity contribution in [2.45, 2.75) is 6.92 Å². The van der Waals surface area contributed by atoms with Gasteiger partial charge >= 0.3 is 0 Å². The van der Waals surface area contributed by atoms with Crippen LogP contribution in [0.1, 0.15) is 16.7 Å². The Morgan fingerprint density at radius 3 is 1.96 bits per heavy atom. The molecule has 0 heterocycles. The van der Waals surface area contributed by atoms with Crippen LogP contribution in [0.5, 0.6) is 17.2 Å². The normalized spacial score (nSPS) is 11.5.